The molecule has 0 aromatic carbocycles. The summed E-state index contributed by atoms with van der Waals surface area (Å²) in [7, 11) is -2.42. The number of alkyl carbamates (subject to hydrolysis) is 1. The second-order valence-corrected chi connectivity index (χ2v) is 8.87. The monoisotopic (exact) mass is 398 g/mol. The van der Waals surface area contributed by atoms with E-state index < -0.39 is 21.7 Å². The number of rotatable bonds is 7. The topological polar surface area (TPSA) is 109 Å². The van der Waals surface area contributed by atoms with Gasteiger partial charge in [-0.1, -0.05) is 26.0 Å². The van der Waals surface area contributed by atoms with Crippen molar-refractivity contribution in [1.82, 2.24) is 10.0 Å². The standard InChI is InChI=1S/C18H30N4O4S/c1-7-13(2)15(20-17(23)26-18(3,4)5)16(21-19-6)22-27(24,25)14-11-9-8-10-12-14/h9,11-13,22H,7-8,10H2,1-6H3,(H,20,23)/b16-15+,21-19-. The van der Waals surface area contributed by atoms with Crippen molar-refractivity contribution in [2.24, 2.45) is 16.1 Å². The van der Waals surface area contributed by atoms with E-state index in [2.05, 4.69) is 20.3 Å². The number of nitrogens with zero attached hydrogens (tertiary/aromatic N) is 2. The van der Waals surface area contributed by atoms with Gasteiger partial charge in [-0.2, -0.15) is 5.11 Å². The molecule has 0 aromatic heterocycles. The third kappa shape index (κ3) is 7.54. The van der Waals surface area contributed by atoms with Crippen LogP contribution in [0.5, 0.6) is 0 Å². The van der Waals surface area contributed by atoms with E-state index in [0.717, 1.165) is 6.42 Å². The Bertz CT molecular complexity index is 759. The Morgan fingerprint density at radius 3 is 2.48 bits per heavy atom. The molecule has 0 spiro atoms. The molecule has 27 heavy (non-hydrogen) atoms. The van der Waals surface area contributed by atoms with Crippen LogP contribution in [0.1, 0.15) is 53.9 Å². The van der Waals surface area contributed by atoms with E-state index in [0.29, 0.717) is 18.5 Å². The van der Waals surface area contributed by atoms with E-state index in [4.69, 9.17) is 4.74 Å². The molecule has 0 aromatic rings. The first-order valence-corrected chi connectivity index (χ1v) is 10.4. The van der Waals surface area contributed by atoms with Crippen molar-refractivity contribution in [1.29, 1.82) is 0 Å². The summed E-state index contributed by atoms with van der Waals surface area (Å²) in [6.07, 6.45) is 6.41. The third-order valence-corrected chi connectivity index (χ3v) is 5.08. The highest BCUT2D eigenvalue weighted by atomic mass is 32.2. The summed E-state index contributed by atoms with van der Waals surface area (Å²) >= 11 is 0. The molecule has 1 amide bonds. The van der Waals surface area contributed by atoms with E-state index in [1.807, 2.05) is 13.8 Å². The molecule has 1 aliphatic rings. The molecule has 0 saturated carbocycles. The van der Waals surface area contributed by atoms with Gasteiger partial charge in [-0.05, 0) is 52.0 Å². The number of azo groups is 1. The molecular formula is C18H30N4O4S. The van der Waals surface area contributed by atoms with Crippen LogP contribution in [-0.2, 0) is 14.8 Å². The van der Waals surface area contributed by atoms with Crippen LogP contribution < -0.4 is 10.0 Å². The first kappa shape index (κ1) is 22.9. The molecular weight excluding hydrogens is 368 g/mol. The minimum absolute atomic E-state index is 0.0300. The second-order valence-electron chi connectivity index (χ2n) is 7.19. The molecule has 0 bridgehead atoms. The van der Waals surface area contributed by atoms with Gasteiger partial charge in [0.15, 0.2) is 5.82 Å². The Labute approximate surface area is 161 Å². The summed E-state index contributed by atoms with van der Waals surface area (Å²) in [6, 6.07) is 0. The first-order valence-electron chi connectivity index (χ1n) is 8.93. The van der Waals surface area contributed by atoms with Crippen molar-refractivity contribution in [3.63, 3.8) is 0 Å². The van der Waals surface area contributed by atoms with Crippen molar-refractivity contribution in [3.05, 3.63) is 34.7 Å². The van der Waals surface area contributed by atoms with E-state index in [1.54, 1.807) is 39.0 Å². The lowest BCUT2D eigenvalue weighted by Crippen LogP contribution is -2.36. The van der Waals surface area contributed by atoms with Gasteiger partial charge in [0.25, 0.3) is 10.0 Å². The molecule has 8 nitrogen and oxygen atoms in total. The van der Waals surface area contributed by atoms with Crippen molar-refractivity contribution in [3.8, 4) is 0 Å². The highest BCUT2D eigenvalue weighted by Crippen LogP contribution is 2.21. The molecule has 1 atom stereocenters. The van der Waals surface area contributed by atoms with Gasteiger partial charge in [0.2, 0.25) is 0 Å². The van der Waals surface area contributed by atoms with Crippen LogP contribution in [0.4, 0.5) is 4.79 Å². The molecule has 0 aliphatic heterocycles. The summed E-state index contributed by atoms with van der Waals surface area (Å²) in [5.74, 6) is -0.214. The predicted octanol–water partition coefficient (Wildman–Crippen LogP) is 3.96. The predicted molar refractivity (Wildman–Crippen MR) is 105 cm³/mol. The van der Waals surface area contributed by atoms with Gasteiger partial charge in [0, 0.05) is 7.05 Å². The fraction of sp³-hybridized carbons (Fsp3) is 0.611. The van der Waals surface area contributed by atoms with Gasteiger partial charge in [0.05, 0.1) is 10.6 Å². The lowest BCUT2D eigenvalue weighted by Gasteiger charge is -2.23. The Morgan fingerprint density at radius 2 is 2.00 bits per heavy atom. The summed E-state index contributed by atoms with van der Waals surface area (Å²) in [5, 5.41) is 10.2. The van der Waals surface area contributed by atoms with Gasteiger partial charge in [-0.15, -0.1) is 5.11 Å². The van der Waals surface area contributed by atoms with Gasteiger partial charge in [-0.25, -0.2) is 13.2 Å². The average molecular weight is 399 g/mol. The van der Waals surface area contributed by atoms with Crippen LogP contribution in [0.2, 0.25) is 0 Å². The largest absolute Gasteiger partial charge is 0.444 e. The first-order chi connectivity index (χ1) is 12.5. The molecule has 0 heterocycles. The zero-order valence-corrected chi connectivity index (χ0v) is 17.7. The van der Waals surface area contributed by atoms with Gasteiger partial charge in [0.1, 0.15) is 5.60 Å². The van der Waals surface area contributed by atoms with Crippen LogP contribution in [0.15, 0.2) is 44.9 Å². The maximum atomic E-state index is 12.7. The lowest BCUT2D eigenvalue weighted by atomic mass is 10.1. The normalized spacial score (nSPS) is 17.2. The van der Waals surface area contributed by atoms with Crippen LogP contribution in [0.25, 0.3) is 0 Å². The number of carbonyl (C=O) groups excluding carboxylic acids is 1. The lowest BCUT2D eigenvalue weighted by molar-refractivity contribution is 0.0539. The Balaban J connectivity index is 3.26. The Kier molecular flexibility index (Phi) is 8.20. The number of hydrogen-bond acceptors (Lipinski definition) is 6. The highest BCUT2D eigenvalue weighted by Gasteiger charge is 2.25. The Morgan fingerprint density at radius 1 is 1.33 bits per heavy atom. The fourth-order valence-corrected chi connectivity index (χ4v) is 3.37. The van der Waals surface area contributed by atoms with Crippen molar-refractivity contribution < 1.29 is 17.9 Å². The third-order valence-electron chi connectivity index (χ3n) is 3.70. The van der Waals surface area contributed by atoms with E-state index >= 15 is 0 Å². The number of sulfonamides is 1. The van der Waals surface area contributed by atoms with Crippen molar-refractivity contribution in [2.75, 3.05) is 7.05 Å². The molecule has 2 N–H and O–H groups in total. The number of carbonyl (C=O) groups is 1. The summed E-state index contributed by atoms with van der Waals surface area (Å²) < 4.78 is 33.1. The fourth-order valence-electron chi connectivity index (χ4n) is 2.24. The molecule has 9 heteroatoms. The molecule has 1 aliphatic carbocycles. The molecule has 1 rings (SSSR count). The number of allylic oxidation sites excluding steroid dienone is 4. The minimum Gasteiger partial charge on any atom is -0.444 e. The van der Waals surface area contributed by atoms with Crippen LogP contribution in [0.3, 0.4) is 0 Å². The zero-order valence-electron chi connectivity index (χ0n) is 16.9. The maximum absolute atomic E-state index is 12.7. The van der Waals surface area contributed by atoms with E-state index in [9.17, 15) is 13.2 Å². The SMILES string of the molecule is CCC(C)/C(NC(=O)OC(C)(C)C)=C(/N=N\C)NS(=O)(=O)C1=CCCC=C1. The molecule has 152 valence electrons. The Hall–Kier alpha value is -2.16. The van der Waals surface area contributed by atoms with E-state index in [1.165, 1.54) is 7.05 Å². The van der Waals surface area contributed by atoms with Gasteiger partial charge in [-0.3, -0.25) is 10.0 Å². The van der Waals surface area contributed by atoms with Crippen LogP contribution in [-0.4, -0.2) is 27.2 Å². The summed E-state index contributed by atoms with van der Waals surface area (Å²) in [5.41, 5.74) is -0.379. The molecule has 0 saturated heterocycles. The number of hydrogen-bond donors (Lipinski definition) is 2. The summed E-state index contributed by atoms with van der Waals surface area (Å²) in [6.45, 7) is 9.01. The smallest absolute Gasteiger partial charge is 0.412 e. The maximum Gasteiger partial charge on any atom is 0.412 e. The number of amides is 1. The van der Waals surface area contributed by atoms with Crippen LogP contribution in [0, 0.1) is 5.92 Å². The minimum atomic E-state index is -3.84. The molecule has 0 radical (unpaired) electrons. The number of nitrogens with one attached hydrogen (secondary N) is 2. The quantitative estimate of drug-likeness (QED) is 0.632. The molecule has 1 unspecified atom stereocenters. The van der Waals surface area contributed by atoms with Gasteiger partial charge >= 0.3 is 6.09 Å². The second kappa shape index (κ2) is 9.68. The number of ether oxygens (including phenoxy) is 1. The average Bonchev–Trinajstić information content (AvgIpc) is 2.58. The van der Waals surface area contributed by atoms with Gasteiger partial charge < -0.3 is 4.74 Å². The zero-order chi connectivity index (χ0) is 20.7. The highest BCUT2D eigenvalue weighted by molar-refractivity contribution is 7.93. The van der Waals surface area contributed by atoms with Crippen LogP contribution >= 0.6 is 0 Å². The summed E-state index contributed by atoms with van der Waals surface area (Å²) in [4.78, 5) is 12.4. The van der Waals surface area contributed by atoms with Crippen molar-refractivity contribution in [2.45, 2.75) is 59.5 Å². The van der Waals surface area contributed by atoms with E-state index in [-0.39, 0.29) is 16.6 Å². The van der Waals surface area contributed by atoms with Crippen molar-refractivity contribution >= 4 is 16.1 Å². The molecule has 0 fully saturated rings.